The van der Waals surface area contributed by atoms with Gasteiger partial charge in [-0.2, -0.15) is 8.42 Å². The van der Waals surface area contributed by atoms with Crippen LogP contribution in [0.2, 0.25) is 0 Å². The molecule has 1 heterocycles. The summed E-state index contributed by atoms with van der Waals surface area (Å²) >= 11 is 0. The lowest BCUT2D eigenvalue weighted by Gasteiger charge is -2.25. The largest absolute Gasteiger partial charge is 0.397 e. The number of unbranched alkanes of at least 4 members (excludes halogenated alkanes) is 1. The van der Waals surface area contributed by atoms with Crippen LogP contribution in [0.4, 0.5) is 0 Å². The summed E-state index contributed by atoms with van der Waals surface area (Å²) in [5.41, 5.74) is 11.7. The van der Waals surface area contributed by atoms with Gasteiger partial charge in [0.05, 0.1) is 79.4 Å². The molecule has 0 aliphatic carbocycles. The Morgan fingerprint density at radius 1 is 0.596 bits per heavy atom. The van der Waals surface area contributed by atoms with Gasteiger partial charge in [-0.3, -0.25) is 19.3 Å². The molecule has 21 nitrogen and oxygen atoms in total. The number of carbonyl (C=O) groups is 1. The van der Waals surface area contributed by atoms with Crippen molar-refractivity contribution in [1.29, 1.82) is 0 Å². The standard InChI is InChI=1S/C67H108N4O17S/c1-46(2)71-60(43-57(78)40-53(74)32-27-33-54(75)41-58(79)44-62(82)66-64(87-66)45-59(80)42-55(76)34-26-31-52(73)39-56(77)35-28-38-70-67(68)69)49(5)63(88-89(84,85)86)37-25-21-17-12-10-8-9-11-16-20-24-36-61(81)50(6)65(83)48(4)30-23-19-15-13-14-18-22-29-47(3)51(7)72/h8-14,16-18,20-27,29-30,32,34,36,46,48-50,52-59,61-66,73-83H,15,19,28,31,33,35,37-45H2,1-7H3,(H4,68,69,70)(H,84,85,86)/b10-8+,11-9+,14-13+,17-12+,20-16+,22-18+,25-21+,30-23+,32-27+,34-26+,36-24+,47-29+,71-60?. The zero-order chi connectivity index (χ0) is 66.9. The van der Waals surface area contributed by atoms with Crippen molar-refractivity contribution in [1.82, 2.24) is 0 Å². The number of aliphatic imine (C=N–C) groups is 2. The molecule has 0 aromatic rings. The van der Waals surface area contributed by atoms with Gasteiger partial charge in [-0.1, -0.05) is 161 Å². The molecular formula is C67H108N4O17S. The number of aliphatic hydroxyl groups is 11. The first kappa shape index (κ1) is 81.9. The topological polar surface area (TPSA) is 392 Å². The van der Waals surface area contributed by atoms with Crippen LogP contribution in [-0.2, 0) is 24.1 Å². The molecule has 17 unspecified atom stereocenters. The second kappa shape index (κ2) is 46.9. The van der Waals surface area contributed by atoms with Gasteiger partial charge < -0.3 is 72.4 Å². The van der Waals surface area contributed by atoms with Crippen molar-refractivity contribution in [3.63, 3.8) is 0 Å². The SMILES string of the molecule is CC(=O)/C(C)=C/C=C/C=C/CC/C=C/C(C)C(O)C(C)C(O)/C=C/C=C/C=C/C=C/C=C/C=C/CC(OS(=O)(=O)O)C(C)C(CC(O)CC(O)/C=C/CC(O)CC(O)CC(O)C1OC1CC(O)CC(O)/C=C/CC(O)CC(O)CCCN=C(N)N)=NC(C)C. The number of rotatable bonds is 48. The van der Waals surface area contributed by atoms with Crippen molar-refractivity contribution in [3.8, 4) is 0 Å². The molecule has 0 amide bonds. The third kappa shape index (κ3) is 42.5. The first-order chi connectivity index (χ1) is 42.0. The molecule has 16 N–H and O–H groups in total. The van der Waals surface area contributed by atoms with Crippen LogP contribution in [0.5, 0.6) is 0 Å². The lowest BCUT2D eigenvalue weighted by Crippen LogP contribution is -2.33. The number of ketones is 1. The number of nitrogens with two attached hydrogens (primary N) is 2. The summed E-state index contributed by atoms with van der Waals surface area (Å²) in [6.45, 7) is 12.7. The van der Waals surface area contributed by atoms with E-state index in [4.69, 9.17) is 20.4 Å². The number of Topliss-reactive ketones (excluding diaryl/α,β-unsaturated/α-hetero) is 1. The number of allylic oxidation sites excluding steroid dienone is 17. The summed E-state index contributed by atoms with van der Waals surface area (Å²) in [4.78, 5) is 19.7. The van der Waals surface area contributed by atoms with Crippen LogP contribution in [0.15, 0.2) is 155 Å². The molecular weight excluding hydrogens is 1160 g/mol. The van der Waals surface area contributed by atoms with Crippen molar-refractivity contribution in [2.75, 3.05) is 6.54 Å². The molecule has 0 spiro atoms. The quantitative estimate of drug-likeness (QED) is 0.00481. The number of aliphatic hydroxyl groups excluding tert-OH is 11. The number of carbonyl (C=O) groups excluding carboxylic acids is 1. The summed E-state index contributed by atoms with van der Waals surface area (Å²) in [6, 6.07) is -0.258. The van der Waals surface area contributed by atoms with Gasteiger partial charge in [-0.25, -0.2) is 4.18 Å². The number of hydrogen-bond donors (Lipinski definition) is 14. The van der Waals surface area contributed by atoms with Gasteiger partial charge in [0.15, 0.2) is 11.7 Å². The van der Waals surface area contributed by atoms with Crippen molar-refractivity contribution in [3.05, 3.63) is 145 Å². The van der Waals surface area contributed by atoms with Gasteiger partial charge in [-0.05, 0) is 91.1 Å². The van der Waals surface area contributed by atoms with Crippen molar-refractivity contribution < 1.29 is 82.9 Å². The van der Waals surface area contributed by atoms with Crippen molar-refractivity contribution in [2.45, 2.75) is 230 Å². The monoisotopic (exact) mass is 1270 g/mol. The highest BCUT2D eigenvalue weighted by molar-refractivity contribution is 7.80. The minimum Gasteiger partial charge on any atom is -0.393 e. The van der Waals surface area contributed by atoms with Crippen LogP contribution in [-0.4, -0.2) is 185 Å². The number of guanidine groups is 1. The van der Waals surface area contributed by atoms with Gasteiger partial charge in [0.2, 0.25) is 0 Å². The summed E-state index contributed by atoms with van der Waals surface area (Å²) < 4.78 is 44.1. The number of ether oxygens (including phenoxy) is 1. The van der Waals surface area contributed by atoms with E-state index in [9.17, 15) is 73.9 Å². The van der Waals surface area contributed by atoms with Gasteiger partial charge in [-0.15, -0.1) is 0 Å². The molecule has 0 aromatic carbocycles. The average Bonchev–Trinajstić information content (AvgIpc) is 1.88. The van der Waals surface area contributed by atoms with E-state index in [1.165, 1.54) is 25.2 Å². The number of epoxide rings is 1. The fourth-order valence-electron chi connectivity index (χ4n) is 9.25. The minimum atomic E-state index is -4.89. The normalized spacial score (nSPS) is 21.2. The molecule has 0 saturated carbocycles. The van der Waals surface area contributed by atoms with Crippen molar-refractivity contribution >= 4 is 27.9 Å². The fraction of sp³-hybridized carbons (Fsp3) is 0.597. The second-order valence-electron chi connectivity index (χ2n) is 23.2. The Morgan fingerprint density at radius 3 is 1.71 bits per heavy atom. The molecule has 89 heavy (non-hydrogen) atoms. The molecule has 1 aliphatic heterocycles. The smallest absolute Gasteiger partial charge is 0.393 e. The van der Waals surface area contributed by atoms with Crippen LogP contribution in [0, 0.1) is 17.8 Å². The Labute approximate surface area is 529 Å². The van der Waals surface area contributed by atoms with Gasteiger partial charge in [0, 0.05) is 68.2 Å². The summed E-state index contributed by atoms with van der Waals surface area (Å²) in [7, 11) is -4.89. The predicted octanol–water partition coefficient (Wildman–Crippen LogP) is 6.06. The Balaban J connectivity index is 2.59. The van der Waals surface area contributed by atoms with Gasteiger partial charge in [0.1, 0.15) is 6.10 Å². The maximum atomic E-state index is 11.9. The minimum absolute atomic E-state index is 0.0195. The van der Waals surface area contributed by atoms with E-state index in [-0.39, 0.29) is 87.9 Å². The highest BCUT2D eigenvalue weighted by Crippen LogP contribution is 2.33. The molecule has 0 radical (unpaired) electrons. The van der Waals surface area contributed by atoms with E-state index >= 15 is 0 Å². The molecule has 1 aliphatic rings. The molecule has 1 saturated heterocycles. The Kier molecular flexibility index (Phi) is 43.1. The van der Waals surface area contributed by atoms with Gasteiger partial charge in [0.25, 0.3) is 0 Å². The van der Waals surface area contributed by atoms with E-state index in [0.717, 1.165) is 12.8 Å². The van der Waals surface area contributed by atoms with Crippen LogP contribution in [0.1, 0.15) is 138 Å². The molecule has 1 rings (SSSR count). The third-order valence-corrected chi connectivity index (χ3v) is 15.0. The first-order valence-corrected chi connectivity index (χ1v) is 32.3. The highest BCUT2D eigenvalue weighted by Gasteiger charge is 2.45. The van der Waals surface area contributed by atoms with E-state index < -0.39 is 108 Å². The summed E-state index contributed by atoms with van der Waals surface area (Å²) in [6.07, 6.45) is 30.0. The van der Waals surface area contributed by atoms with Crippen molar-refractivity contribution in [2.24, 2.45) is 39.2 Å². The molecule has 1 fully saturated rings. The molecule has 17 atom stereocenters. The zero-order valence-corrected chi connectivity index (χ0v) is 54.0. The Bertz CT molecular complexity index is 2530. The van der Waals surface area contributed by atoms with E-state index in [1.54, 1.807) is 120 Å². The fourth-order valence-corrected chi connectivity index (χ4v) is 9.81. The average molecular weight is 1270 g/mol. The van der Waals surface area contributed by atoms with E-state index in [1.807, 2.05) is 43.4 Å². The van der Waals surface area contributed by atoms with E-state index in [0.29, 0.717) is 30.7 Å². The predicted molar refractivity (Wildman–Crippen MR) is 352 cm³/mol. The van der Waals surface area contributed by atoms with E-state index in [2.05, 4.69) is 9.98 Å². The molecule has 22 heteroatoms. The Morgan fingerprint density at radius 2 is 1.13 bits per heavy atom. The lowest BCUT2D eigenvalue weighted by atomic mass is 9.88. The summed E-state index contributed by atoms with van der Waals surface area (Å²) in [5, 5.41) is 116. The first-order valence-electron chi connectivity index (χ1n) is 30.9. The van der Waals surface area contributed by atoms with Crippen LogP contribution in [0.25, 0.3) is 0 Å². The third-order valence-electron chi connectivity index (χ3n) is 14.5. The molecule has 0 bridgehead atoms. The van der Waals surface area contributed by atoms with Crippen LogP contribution < -0.4 is 11.5 Å². The lowest BCUT2D eigenvalue weighted by molar-refractivity contribution is -0.113. The zero-order valence-electron chi connectivity index (χ0n) is 53.1. The maximum Gasteiger partial charge on any atom is 0.397 e. The number of hydrogen-bond acceptors (Lipinski definition) is 18. The molecule has 0 aromatic heterocycles. The van der Waals surface area contributed by atoms with Crippen LogP contribution in [0.3, 0.4) is 0 Å². The maximum absolute atomic E-state index is 11.9. The summed E-state index contributed by atoms with van der Waals surface area (Å²) in [5.74, 6) is -1.24. The highest BCUT2D eigenvalue weighted by atomic mass is 32.3. The molecule has 504 valence electrons. The van der Waals surface area contributed by atoms with Crippen LogP contribution >= 0.6 is 0 Å². The van der Waals surface area contributed by atoms with Gasteiger partial charge >= 0.3 is 10.4 Å². The Hall–Kier alpha value is -5.12. The second-order valence-corrected chi connectivity index (χ2v) is 24.3. The number of nitrogens with zero attached hydrogens (tertiary/aromatic N) is 2.